The molecular weight excluding hydrogens is 412 g/mol. The predicted molar refractivity (Wildman–Crippen MR) is 122 cm³/mol. The summed E-state index contributed by atoms with van der Waals surface area (Å²) in [6, 6.07) is 6.05. The third-order valence-corrected chi connectivity index (χ3v) is 6.42. The molecule has 0 fully saturated rings. The summed E-state index contributed by atoms with van der Waals surface area (Å²) in [7, 11) is 0. The largest absolute Gasteiger partial charge is 0.446 e. The second kappa shape index (κ2) is 7.49. The van der Waals surface area contributed by atoms with Crippen molar-refractivity contribution in [3.05, 3.63) is 41.2 Å². The van der Waals surface area contributed by atoms with Crippen molar-refractivity contribution in [3.63, 3.8) is 0 Å². The topological polar surface area (TPSA) is 105 Å². The molecule has 0 saturated carbocycles. The molecule has 160 valence electrons. The van der Waals surface area contributed by atoms with Gasteiger partial charge >= 0.3 is 6.09 Å². The lowest BCUT2D eigenvalue weighted by atomic mass is 9.94. The van der Waals surface area contributed by atoms with Crippen molar-refractivity contribution in [1.29, 1.82) is 0 Å². The fraction of sp³-hybridized carbons (Fsp3) is 0.364. The third kappa shape index (κ3) is 4.05. The van der Waals surface area contributed by atoms with Gasteiger partial charge in [-0.15, -0.1) is 11.3 Å². The number of aryl methyl sites for hydroxylation is 1. The van der Waals surface area contributed by atoms with Crippen LogP contribution in [0.4, 0.5) is 16.3 Å². The van der Waals surface area contributed by atoms with E-state index in [-0.39, 0.29) is 17.7 Å². The van der Waals surface area contributed by atoms with Crippen LogP contribution >= 0.6 is 11.3 Å². The first kappa shape index (κ1) is 19.7. The molecule has 3 N–H and O–H groups in total. The Balaban J connectivity index is 1.39. The van der Waals surface area contributed by atoms with Crippen molar-refractivity contribution in [2.75, 3.05) is 5.32 Å². The van der Waals surface area contributed by atoms with E-state index in [0.29, 0.717) is 6.42 Å². The number of hydrogen-bond donors (Lipinski definition) is 3. The molecule has 0 spiro atoms. The highest BCUT2D eigenvalue weighted by molar-refractivity contribution is 7.19. The van der Waals surface area contributed by atoms with E-state index in [1.54, 1.807) is 23.9 Å². The van der Waals surface area contributed by atoms with Crippen LogP contribution < -0.4 is 10.6 Å². The van der Waals surface area contributed by atoms with Crippen LogP contribution in [-0.2, 0) is 17.6 Å². The van der Waals surface area contributed by atoms with Gasteiger partial charge in [0.05, 0.1) is 17.1 Å². The zero-order valence-corrected chi connectivity index (χ0v) is 18.5. The molecule has 1 atom stereocenters. The normalized spacial score (nSPS) is 16.3. The molecule has 1 amide bonds. The van der Waals surface area contributed by atoms with Crippen molar-refractivity contribution in [1.82, 2.24) is 25.5 Å². The van der Waals surface area contributed by atoms with Crippen LogP contribution in [0.1, 0.15) is 37.6 Å². The van der Waals surface area contributed by atoms with Crippen LogP contribution in [0.5, 0.6) is 0 Å². The Hall–Kier alpha value is -3.20. The quantitative estimate of drug-likeness (QED) is 0.430. The molecule has 9 heteroatoms. The Morgan fingerprint density at radius 2 is 2.16 bits per heavy atom. The number of thiophene rings is 1. The average molecular weight is 437 g/mol. The first-order valence-electron chi connectivity index (χ1n) is 10.3. The highest BCUT2D eigenvalue weighted by Crippen LogP contribution is 2.39. The van der Waals surface area contributed by atoms with Gasteiger partial charge in [0.25, 0.3) is 0 Å². The predicted octanol–water partition coefficient (Wildman–Crippen LogP) is 4.69. The number of nitrogens with zero attached hydrogens (tertiary/aromatic N) is 3. The van der Waals surface area contributed by atoms with Crippen LogP contribution in [0.25, 0.3) is 21.1 Å². The van der Waals surface area contributed by atoms with Crippen molar-refractivity contribution < 1.29 is 9.53 Å². The highest BCUT2D eigenvalue weighted by Gasteiger charge is 2.28. The fourth-order valence-electron chi connectivity index (χ4n) is 3.92. The summed E-state index contributed by atoms with van der Waals surface area (Å²) in [6.45, 7) is 5.82. The Kier molecular flexibility index (Phi) is 4.77. The molecule has 0 bridgehead atoms. The van der Waals surface area contributed by atoms with E-state index in [4.69, 9.17) is 4.74 Å². The Labute approximate surface area is 183 Å². The van der Waals surface area contributed by atoms with Gasteiger partial charge in [0.15, 0.2) is 0 Å². The number of H-pyrrole nitrogens is 1. The maximum Gasteiger partial charge on any atom is 0.407 e. The van der Waals surface area contributed by atoms with Gasteiger partial charge < -0.3 is 15.4 Å². The second-order valence-electron chi connectivity index (χ2n) is 8.85. The van der Waals surface area contributed by atoms with E-state index in [9.17, 15) is 4.79 Å². The van der Waals surface area contributed by atoms with Crippen LogP contribution in [0.15, 0.2) is 30.7 Å². The number of rotatable bonds is 3. The lowest BCUT2D eigenvalue weighted by Gasteiger charge is -2.26. The maximum atomic E-state index is 12.2. The standard InChI is InChI=1S/C22H24N6O2S/c1-22(2,3)27-21(29)30-14-5-6-15-17(9-14)31-20-18(15)19(23-11-24-20)26-13-4-7-16-12(8-13)10-25-28-16/h4,7-8,10-11,14H,5-6,9H2,1-3H3,(H,25,28)(H,27,29)(H,23,24,26). The number of nitrogens with one attached hydrogen (secondary N) is 3. The van der Waals surface area contributed by atoms with Gasteiger partial charge in [-0.3, -0.25) is 5.10 Å². The molecule has 5 rings (SSSR count). The number of amides is 1. The maximum absolute atomic E-state index is 12.2. The number of aromatic nitrogens is 4. The minimum absolute atomic E-state index is 0.129. The van der Waals surface area contributed by atoms with E-state index in [2.05, 4.69) is 30.8 Å². The molecule has 8 nitrogen and oxygen atoms in total. The molecule has 1 aliphatic rings. The number of hydrogen-bond acceptors (Lipinski definition) is 7. The Morgan fingerprint density at radius 1 is 1.29 bits per heavy atom. The van der Waals surface area contributed by atoms with Crippen LogP contribution in [0, 0.1) is 0 Å². The van der Waals surface area contributed by atoms with E-state index in [1.807, 2.05) is 39.0 Å². The van der Waals surface area contributed by atoms with Gasteiger partial charge in [-0.2, -0.15) is 5.10 Å². The summed E-state index contributed by atoms with van der Waals surface area (Å²) < 4.78 is 5.68. The average Bonchev–Trinajstić information content (AvgIpc) is 3.30. The molecule has 3 aromatic heterocycles. The molecular formula is C22H24N6O2S. The lowest BCUT2D eigenvalue weighted by Crippen LogP contribution is -2.42. The molecule has 0 radical (unpaired) electrons. The SMILES string of the molecule is CC(C)(C)NC(=O)OC1CCc2c(sc3ncnc(Nc4ccc5[nH]ncc5c4)c23)C1. The van der Waals surface area contributed by atoms with Gasteiger partial charge in [0.2, 0.25) is 0 Å². The van der Waals surface area contributed by atoms with Gasteiger partial charge in [-0.05, 0) is 57.4 Å². The van der Waals surface area contributed by atoms with Gasteiger partial charge in [-0.25, -0.2) is 14.8 Å². The number of fused-ring (bicyclic) bond motifs is 4. The van der Waals surface area contributed by atoms with E-state index in [1.165, 1.54) is 10.4 Å². The lowest BCUT2D eigenvalue weighted by molar-refractivity contribution is 0.0844. The monoisotopic (exact) mass is 436 g/mol. The number of aromatic amines is 1. The molecule has 4 aromatic rings. The van der Waals surface area contributed by atoms with E-state index >= 15 is 0 Å². The summed E-state index contributed by atoms with van der Waals surface area (Å²) in [5, 5.41) is 15.5. The Morgan fingerprint density at radius 3 is 3.00 bits per heavy atom. The van der Waals surface area contributed by atoms with Crippen molar-refractivity contribution >= 4 is 50.1 Å². The zero-order chi connectivity index (χ0) is 21.6. The van der Waals surface area contributed by atoms with Crippen LogP contribution in [0.2, 0.25) is 0 Å². The van der Waals surface area contributed by atoms with Crippen LogP contribution in [-0.4, -0.2) is 37.9 Å². The van der Waals surface area contributed by atoms with E-state index < -0.39 is 0 Å². The van der Waals surface area contributed by atoms with Crippen molar-refractivity contribution in [2.24, 2.45) is 0 Å². The van der Waals surface area contributed by atoms with Gasteiger partial charge in [0, 0.05) is 27.9 Å². The summed E-state index contributed by atoms with van der Waals surface area (Å²) in [5.74, 6) is 0.801. The number of anilines is 2. The van der Waals surface area contributed by atoms with Gasteiger partial charge in [-0.1, -0.05) is 0 Å². The molecule has 1 aromatic carbocycles. The van der Waals surface area contributed by atoms with Crippen LogP contribution in [0.3, 0.4) is 0 Å². The number of carbonyl (C=O) groups is 1. The van der Waals surface area contributed by atoms with Gasteiger partial charge in [0.1, 0.15) is 23.1 Å². The summed E-state index contributed by atoms with van der Waals surface area (Å²) >= 11 is 1.65. The molecule has 1 unspecified atom stereocenters. The fourth-order valence-corrected chi connectivity index (χ4v) is 5.17. The second-order valence-corrected chi connectivity index (χ2v) is 9.93. The summed E-state index contributed by atoms with van der Waals surface area (Å²) in [6.07, 6.45) is 5.22. The van der Waals surface area contributed by atoms with E-state index in [0.717, 1.165) is 45.5 Å². The molecule has 1 aliphatic carbocycles. The number of carbonyl (C=O) groups excluding carboxylic acids is 1. The summed E-state index contributed by atoms with van der Waals surface area (Å²) in [4.78, 5) is 23.4. The molecule has 0 aliphatic heterocycles. The molecule has 3 heterocycles. The number of ether oxygens (including phenoxy) is 1. The zero-order valence-electron chi connectivity index (χ0n) is 17.7. The summed E-state index contributed by atoms with van der Waals surface area (Å²) in [5.41, 5.74) is 2.88. The Bertz CT molecular complexity index is 1270. The highest BCUT2D eigenvalue weighted by atomic mass is 32.1. The third-order valence-electron chi connectivity index (χ3n) is 5.25. The minimum Gasteiger partial charge on any atom is -0.446 e. The number of benzene rings is 1. The molecule has 31 heavy (non-hydrogen) atoms. The number of alkyl carbamates (subject to hydrolysis) is 1. The first-order valence-corrected chi connectivity index (χ1v) is 11.1. The smallest absolute Gasteiger partial charge is 0.407 e. The minimum atomic E-state index is -0.362. The first-order chi connectivity index (χ1) is 14.9. The van der Waals surface area contributed by atoms with Crippen molar-refractivity contribution in [3.8, 4) is 0 Å². The van der Waals surface area contributed by atoms with Crippen molar-refractivity contribution in [2.45, 2.75) is 51.7 Å². The molecule has 0 saturated heterocycles.